The van der Waals surface area contributed by atoms with E-state index >= 15 is 0 Å². The summed E-state index contributed by atoms with van der Waals surface area (Å²) in [6, 6.07) is 9.15. The van der Waals surface area contributed by atoms with Gasteiger partial charge in [0.2, 0.25) is 21.8 Å². The minimum absolute atomic E-state index is 0.0759. The Morgan fingerprint density at radius 2 is 1.73 bits per heavy atom. The zero-order chi connectivity index (χ0) is 27.9. The predicted octanol–water partition coefficient (Wildman–Crippen LogP) is 4.66. The molecule has 37 heavy (non-hydrogen) atoms. The zero-order valence-corrected chi connectivity index (χ0v) is 24.4. The van der Waals surface area contributed by atoms with E-state index in [4.69, 9.17) is 27.9 Å². The third kappa shape index (κ3) is 8.25. The van der Waals surface area contributed by atoms with Crippen molar-refractivity contribution < 1.29 is 22.7 Å². The van der Waals surface area contributed by atoms with Crippen molar-refractivity contribution in [2.45, 2.75) is 46.7 Å². The van der Waals surface area contributed by atoms with E-state index in [-0.39, 0.29) is 24.1 Å². The van der Waals surface area contributed by atoms with Crippen LogP contribution in [0.2, 0.25) is 10.0 Å². The third-order valence-corrected chi connectivity index (χ3v) is 7.58. The number of aryl methyl sites for hydroxylation is 1. The Hall–Kier alpha value is -2.49. The Bertz CT molecular complexity index is 1200. The van der Waals surface area contributed by atoms with E-state index < -0.39 is 28.5 Å². The van der Waals surface area contributed by atoms with Crippen LogP contribution in [0, 0.1) is 12.8 Å². The number of hydrogen-bond donors (Lipinski definition) is 1. The van der Waals surface area contributed by atoms with Gasteiger partial charge in [-0.05, 0) is 49.1 Å². The van der Waals surface area contributed by atoms with Crippen LogP contribution in [-0.4, -0.2) is 57.6 Å². The molecule has 0 aliphatic rings. The van der Waals surface area contributed by atoms with Crippen molar-refractivity contribution in [3.8, 4) is 5.75 Å². The summed E-state index contributed by atoms with van der Waals surface area (Å²) in [5, 5.41) is 3.55. The molecular formula is C26H35Cl2N3O5S. The minimum atomic E-state index is -3.91. The quantitative estimate of drug-likeness (QED) is 0.399. The molecule has 2 aromatic rings. The van der Waals surface area contributed by atoms with Gasteiger partial charge in [0.15, 0.2) is 0 Å². The fourth-order valence-corrected chi connectivity index (χ4v) is 5.15. The van der Waals surface area contributed by atoms with Crippen molar-refractivity contribution in [1.82, 2.24) is 10.2 Å². The van der Waals surface area contributed by atoms with Crippen molar-refractivity contribution in [2.75, 3.05) is 30.8 Å². The van der Waals surface area contributed by atoms with Crippen molar-refractivity contribution >= 4 is 50.7 Å². The van der Waals surface area contributed by atoms with Crippen LogP contribution in [0.3, 0.4) is 0 Å². The summed E-state index contributed by atoms with van der Waals surface area (Å²) in [7, 11) is -2.48. The fourth-order valence-electron chi connectivity index (χ4n) is 3.79. The Morgan fingerprint density at radius 3 is 2.24 bits per heavy atom. The molecule has 2 aromatic carbocycles. The molecule has 0 saturated heterocycles. The molecule has 0 spiro atoms. The van der Waals surface area contributed by atoms with Crippen molar-refractivity contribution in [2.24, 2.45) is 5.92 Å². The molecule has 0 aliphatic heterocycles. The molecule has 8 nitrogen and oxygen atoms in total. The Balaban J connectivity index is 2.55. The number of carbonyl (C=O) groups is 2. The van der Waals surface area contributed by atoms with Gasteiger partial charge in [0.1, 0.15) is 18.3 Å². The van der Waals surface area contributed by atoms with Crippen LogP contribution in [0.5, 0.6) is 5.75 Å². The number of halogens is 2. The monoisotopic (exact) mass is 571 g/mol. The number of nitrogens with one attached hydrogen (secondary N) is 1. The number of carbonyl (C=O) groups excluding carboxylic acids is 2. The van der Waals surface area contributed by atoms with Gasteiger partial charge in [-0.3, -0.25) is 13.9 Å². The molecule has 0 unspecified atom stereocenters. The SMILES string of the molecule is CC[C@H](C(=O)NCC(C)C)N(Cc1c(Cl)cccc1Cl)C(=O)CN(c1cc(C)ccc1OC)S(C)(=O)=O. The lowest BCUT2D eigenvalue weighted by Crippen LogP contribution is -2.52. The van der Waals surface area contributed by atoms with Crippen molar-refractivity contribution in [3.63, 3.8) is 0 Å². The highest BCUT2D eigenvalue weighted by Gasteiger charge is 2.33. The smallest absolute Gasteiger partial charge is 0.244 e. The molecule has 1 N–H and O–H groups in total. The molecule has 2 rings (SSSR count). The number of hydrogen-bond acceptors (Lipinski definition) is 5. The largest absolute Gasteiger partial charge is 0.495 e. The molecule has 0 radical (unpaired) electrons. The van der Waals surface area contributed by atoms with Crippen LogP contribution in [0.4, 0.5) is 5.69 Å². The van der Waals surface area contributed by atoms with Crippen LogP contribution < -0.4 is 14.4 Å². The highest BCUT2D eigenvalue weighted by atomic mass is 35.5. The standard InChI is InChI=1S/C26H35Cl2N3O5S/c1-7-22(26(33)29-14-17(2)3)30(15-19-20(27)9-8-10-21(19)28)25(32)16-31(37(6,34)35)23-13-18(4)11-12-24(23)36-5/h8-13,17,22H,7,14-16H2,1-6H3,(H,29,33)/t22-/m1/s1. The van der Waals surface area contributed by atoms with Crippen molar-refractivity contribution in [1.29, 1.82) is 0 Å². The average Bonchev–Trinajstić information content (AvgIpc) is 2.81. The number of sulfonamides is 1. The lowest BCUT2D eigenvalue weighted by Gasteiger charge is -2.33. The predicted molar refractivity (Wildman–Crippen MR) is 149 cm³/mol. The van der Waals surface area contributed by atoms with Crippen LogP contribution in [0.1, 0.15) is 38.3 Å². The highest BCUT2D eigenvalue weighted by Crippen LogP contribution is 2.32. The molecule has 0 fully saturated rings. The van der Waals surface area contributed by atoms with Gasteiger partial charge in [-0.1, -0.05) is 56.1 Å². The summed E-state index contributed by atoms with van der Waals surface area (Å²) in [5.41, 5.74) is 1.48. The van der Waals surface area contributed by atoms with E-state index in [1.165, 1.54) is 12.0 Å². The topological polar surface area (TPSA) is 96.0 Å². The van der Waals surface area contributed by atoms with Crippen LogP contribution in [0.25, 0.3) is 0 Å². The summed E-state index contributed by atoms with van der Waals surface area (Å²) < 4.78 is 32.1. The second-order valence-electron chi connectivity index (χ2n) is 9.23. The van der Waals surface area contributed by atoms with Crippen LogP contribution >= 0.6 is 23.2 Å². The first-order chi connectivity index (χ1) is 17.3. The van der Waals surface area contributed by atoms with Gasteiger partial charge in [0.25, 0.3) is 0 Å². The first-order valence-corrected chi connectivity index (χ1v) is 14.5. The first-order valence-electron chi connectivity index (χ1n) is 11.9. The fraction of sp³-hybridized carbons (Fsp3) is 0.462. The maximum Gasteiger partial charge on any atom is 0.244 e. The molecule has 0 aromatic heterocycles. The number of amides is 2. The zero-order valence-electron chi connectivity index (χ0n) is 22.0. The third-order valence-electron chi connectivity index (χ3n) is 5.74. The van der Waals surface area contributed by atoms with Crippen molar-refractivity contribution in [3.05, 3.63) is 57.6 Å². The maximum atomic E-state index is 13.8. The number of ether oxygens (including phenoxy) is 1. The molecule has 0 bridgehead atoms. The summed E-state index contributed by atoms with van der Waals surface area (Å²) in [4.78, 5) is 28.3. The Labute approximate surface area is 229 Å². The molecule has 0 heterocycles. The minimum Gasteiger partial charge on any atom is -0.495 e. The van der Waals surface area contributed by atoms with Gasteiger partial charge >= 0.3 is 0 Å². The molecule has 11 heteroatoms. The maximum absolute atomic E-state index is 13.8. The summed E-state index contributed by atoms with van der Waals surface area (Å²) >= 11 is 12.8. The number of nitrogens with zero attached hydrogens (tertiary/aromatic N) is 2. The molecular weight excluding hydrogens is 537 g/mol. The molecule has 2 amide bonds. The van der Waals surface area contributed by atoms with E-state index in [0.29, 0.717) is 34.3 Å². The van der Waals surface area contributed by atoms with E-state index in [9.17, 15) is 18.0 Å². The molecule has 0 aliphatic carbocycles. The number of benzene rings is 2. The van der Waals surface area contributed by atoms with E-state index in [2.05, 4.69) is 5.32 Å². The lowest BCUT2D eigenvalue weighted by molar-refractivity contribution is -0.140. The summed E-state index contributed by atoms with van der Waals surface area (Å²) in [5.74, 6) is -0.423. The van der Waals surface area contributed by atoms with Gasteiger partial charge in [0.05, 0.1) is 19.1 Å². The molecule has 0 saturated carbocycles. The number of methoxy groups -OCH3 is 1. The second-order valence-corrected chi connectivity index (χ2v) is 12.0. The van der Waals surface area contributed by atoms with E-state index in [1.54, 1.807) is 43.3 Å². The highest BCUT2D eigenvalue weighted by molar-refractivity contribution is 7.92. The van der Waals surface area contributed by atoms with Gasteiger partial charge in [0, 0.05) is 28.7 Å². The number of rotatable bonds is 12. The average molecular weight is 573 g/mol. The van der Waals surface area contributed by atoms with Gasteiger partial charge in [-0.25, -0.2) is 8.42 Å². The number of anilines is 1. The van der Waals surface area contributed by atoms with E-state index in [0.717, 1.165) is 16.1 Å². The molecule has 1 atom stereocenters. The van der Waals surface area contributed by atoms with E-state index in [1.807, 2.05) is 20.8 Å². The summed E-state index contributed by atoms with van der Waals surface area (Å²) in [6.07, 6.45) is 1.31. The normalized spacial score (nSPS) is 12.2. The van der Waals surface area contributed by atoms with Crippen LogP contribution in [0.15, 0.2) is 36.4 Å². The first kappa shape index (κ1) is 30.7. The van der Waals surface area contributed by atoms with Crippen LogP contribution in [-0.2, 0) is 26.2 Å². The summed E-state index contributed by atoms with van der Waals surface area (Å²) in [6.45, 7) is 7.33. The Kier molecular flexibility index (Phi) is 11.1. The second kappa shape index (κ2) is 13.3. The van der Waals surface area contributed by atoms with Gasteiger partial charge in [-0.15, -0.1) is 0 Å². The molecule has 204 valence electrons. The van der Waals surface area contributed by atoms with Gasteiger partial charge < -0.3 is 15.0 Å². The Morgan fingerprint density at radius 1 is 1.11 bits per heavy atom. The lowest BCUT2D eigenvalue weighted by atomic mass is 10.1. The van der Waals surface area contributed by atoms with Gasteiger partial charge in [-0.2, -0.15) is 0 Å².